The van der Waals surface area contributed by atoms with Crippen LogP contribution in [0.25, 0.3) is 0 Å². The Bertz CT molecular complexity index is 346. The Morgan fingerprint density at radius 3 is 2.71 bits per heavy atom. The molecule has 2 aliphatic carbocycles. The molecule has 0 aromatic carbocycles. The molecule has 0 spiro atoms. The Hall–Kier alpha value is -0.850. The van der Waals surface area contributed by atoms with E-state index in [9.17, 15) is 4.79 Å². The van der Waals surface area contributed by atoms with Gasteiger partial charge in [-0.15, -0.1) is 0 Å². The topological polar surface area (TPSA) is 17.1 Å². The van der Waals surface area contributed by atoms with Gasteiger partial charge in [0, 0.05) is 11.8 Å². The smallest absolute Gasteiger partial charge is 0.159 e. The molecule has 0 fully saturated rings. The van der Waals surface area contributed by atoms with E-state index in [1.807, 2.05) is 6.92 Å². The lowest BCUT2D eigenvalue weighted by Gasteiger charge is -2.26. The van der Waals surface area contributed by atoms with Crippen LogP contribution in [0, 0.1) is 5.41 Å². The first-order chi connectivity index (χ1) is 6.53. The summed E-state index contributed by atoms with van der Waals surface area (Å²) in [5, 5.41) is 0. The van der Waals surface area contributed by atoms with Crippen molar-refractivity contribution < 1.29 is 4.79 Å². The number of Topliss-reactive ketones (excluding diaryl/α,β-unsaturated/α-hetero) is 1. The fourth-order valence-electron chi connectivity index (χ4n) is 3.02. The van der Waals surface area contributed by atoms with Gasteiger partial charge >= 0.3 is 0 Å². The van der Waals surface area contributed by atoms with E-state index in [4.69, 9.17) is 0 Å². The molecule has 0 saturated carbocycles. The molecule has 2 rings (SSSR count). The predicted octanol–water partition coefficient (Wildman–Crippen LogP) is 3.41. The molecule has 14 heavy (non-hydrogen) atoms. The quantitative estimate of drug-likeness (QED) is 0.535. The van der Waals surface area contributed by atoms with E-state index in [0.29, 0.717) is 5.78 Å². The summed E-state index contributed by atoms with van der Waals surface area (Å²) >= 11 is 0. The molecule has 0 aromatic rings. The number of hydrogen-bond acceptors (Lipinski definition) is 1. The summed E-state index contributed by atoms with van der Waals surface area (Å²) in [6, 6.07) is 0. The average molecular weight is 190 g/mol. The van der Waals surface area contributed by atoms with Gasteiger partial charge in [-0.25, -0.2) is 0 Å². The summed E-state index contributed by atoms with van der Waals surface area (Å²) in [4.78, 5) is 11.7. The van der Waals surface area contributed by atoms with Crippen molar-refractivity contribution in [3.8, 4) is 0 Å². The van der Waals surface area contributed by atoms with Crippen molar-refractivity contribution in [1.29, 1.82) is 0 Å². The third kappa shape index (κ3) is 1.35. The van der Waals surface area contributed by atoms with Gasteiger partial charge in [-0.1, -0.05) is 24.1 Å². The SMILES string of the molecule is CC1=CCCC2=C(C)C(=O)CC2(C)C1. The van der Waals surface area contributed by atoms with E-state index >= 15 is 0 Å². The van der Waals surface area contributed by atoms with Crippen LogP contribution in [0.3, 0.4) is 0 Å². The molecule has 0 N–H and O–H groups in total. The van der Waals surface area contributed by atoms with E-state index < -0.39 is 0 Å². The molecular weight excluding hydrogens is 172 g/mol. The molecule has 1 nitrogen and oxygen atoms in total. The number of rotatable bonds is 0. The zero-order valence-electron chi connectivity index (χ0n) is 9.31. The van der Waals surface area contributed by atoms with Gasteiger partial charge < -0.3 is 0 Å². The molecule has 76 valence electrons. The summed E-state index contributed by atoms with van der Waals surface area (Å²) in [7, 11) is 0. The van der Waals surface area contributed by atoms with Crippen LogP contribution in [0.1, 0.15) is 46.5 Å². The van der Waals surface area contributed by atoms with Crippen LogP contribution in [0.2, 0.25) is 0 Å². The first-order valence-electron chi connectivity index (χ1n) is 5.42. The maximum absolute atomic E-state index is 11.7. The van der Waals surface area contributed by atoms with Crippen molar-refractivity contribution in [3.63, 3.8) is 0 Å². The van der Waals surface area contributed by atoms with Crippen LogP contribution in [0.4, 0.5) is 0 Å². The van der Waals surface area contributed by atoms with Crippen LogP contribution in [-0.4, -0.2) is 5.78 Å². The lowest BCUT2D eigenvalue weighted by molar-refractivity contribution is -0.115. The molecule has 0 bridgehead atoms. The summed E-state index contributed by atoms with van der Waals surface area (Å²) in [6.45, 7) is 6.44. The van der Waals surface area contributed by atoms with E-state index in [0.717, 1.165) is 31.3 Å². The fraction of sp³-hybridized carbons (Fsp3) is 0.615. The van der Waals surface area contributed by atoms with Gasteiger partial charge in [-0.2, -0.15) is 0 Å². The minimum Gasteiger partial charge on any atom is -0.295 e. The van der Waals surface area contributed by atoms with Crippen LogP contribution < -0.4 is 0 Å². The Labute approximate surface area is 85.9 Å². The molecule has 0 amide bonds. The number of fused-ring (bicyclic) bond motifs is 1. The van der Waals surface area contributed by atoms with Crippen molar-refractivity contribution in [2.45, 2.75) is 46.5 Å². The Balaban J connectivity index is 2.41. The first-order valence-corrected chi connectivity index (χ1v) is 5.42. The third-order valence-electron chi connectivity index (χ3n) is 3.71. The molecule has 0 aromatic heterocycles. The molecule has 1 unspecified atom stereocenters. The number of carbonyl (C=O) groups excluding carboxylic acids is 1. The fourth-order valence-corrected chi connectivity index (χ4v) is 3.02. The Morgan fingerprint density at radius 1 is 1.29 bits per heavy atom. The van der Waals surface area contributed by atoms with E-state index in [1.54, 1.807) is 0 Å². The van der Waals surface area contributed by atoms with Crippen LogP contribution in [0.5, 0.6) is 0 Å². The minimum absolute atomic E-state index is 0.151. The predicted molar refractivity (Wildman–Crippen MR) is 58.0 cm³/mol. The number of allylic oxidation sites excluding steroid dienone is 4. The van der Waals surface area contributed by atoms with Gasteiger partial charge in [0.15, 0.2) is 5.78 Å². The summed E-state index contributed by atoms with van der Waals surface area (Å²) in [5.41, 5.74) is 4.08. The highest BCUT2D eigenvalue weighted by molar-refractivity contribution is 5.99. The van der Waals surface area contributed by atoms with Crippen LogP contribution in [-0.2, 0) is 4.79 Å². The van der Waals surface area contributed by atoms with Crippen LogP contribution in [0.15, 0.2) is 22.8 Å². The third-order valence-corrected chi connectivity index (χ3v) is 3.71. The number of carbonyl (C=O) groups is 1. The lowest BCUT2D eigenvalue weighted by Crippen LogP contribution is -2.16. The monoisotopic (exact) mass is 190 g/mol. The Morgan fingerprint density at radius 2 is 2.00 bits per heavy atom. The summed E-state index contributed by atoms with van der Waals surface area (Å²) in [6.07, 6.45) is 6.34. The highest BCUT2D eigenvalue weighted by Gasteiger charge is 2.40. The zero-order valence-corrected chi connectivity index (χ0v) is 9.31. The second-order valence-corrected chi connectivity index (χ2v) is 5.03. The molecule has 0 heterocycles. The van der Waals surface area contributed by atoms with Crippen molar-refractivity contribution in [2.75, 3.05) is 0 Å². The normalized spacial score (nSPS) is 32.8. The molecule has 2 aliphatic rings. The van der Waals surface area contributed by atoms with E-state index in [1.165, 1.54) is 11.1 Å². The number of hydrogen-bond donors (Lipinski definition) is 0. The molecule has 0 aliphatic heterocycles. The Kier molecular flexibility index (Phi) is 2.13. The number of ketones is 1. The molecule has 0 saturated heterocycles. The summed E-state index contributed by atoms with van der Waals surface area (Å²) < 4.78 is 0. The highest BCUT2D eigenvalue weighted by atomic mass is 16.1. The van der Waals surface area contributed by atoms with Crippen molar-refractivity contribution >= 4 is 5.78 Å². The molecule has 0 radical (unpaired) electrons. The van der Waals surface area contributed by atoms with Gasteiger partial charge in [0.1, 0.15) is 0 Å². The van der Waals surface area contributed by atoms with Gasteiger partial charge in [0.05, 0.1) is 0 Å². The largest absolute Gasteiger partial charge is 0.295 e. The van der Waals surface area contributed by atoms with Gasteiger partial charge in [-0.3, -0.25) is 4.79 Å². The second-order valence-electron chi connectivity index (χ2n) is 5.03. The zero-order chi connectivity index (χ0) is 10.3. The van der Waals surface area contributed by atoms with Crippen molar-refractivity contribution in [2.24, 2.45) is 5.41 Å². The highest BCUT2D eigenvalue weighted by Crippen LogP contribution is 2.48. The van der Waals surface area contributed by atoms with Gasteiger partial charge in [0.2, 0.25) is 0 Å². The average Bonchev–Trinajstić information content (AvgIpc) is 2.24. The molecule has 1 heteroatoms. The second kappa shape index (κ2) is 3.08. The maximum Gasteiger partial charge on any atom is 0.159 e. The standard InChI is InChI=1S/C13H18O/c1-9-5-4-6-11-10(2)12(14)8-13(11,3)7-9/h5H,4,6-8H2,1-3H3. The summed E-state index contributed by atoms with van der Waals surface area (Å²) in [5.74, 6) is 0.372. The van der Waals surface area contributed by atoms with Crippen molar-refractivity contribution in [1.82, 2.24) is 0 Å². The lowest BCUT2D eigenvalue weighted by atomic mass is 9.78. The molecular formula is C13H18O. The minimum atomic E-state index is 0.151. The maximum atomic E-state index is 11.7. The van der Waals surface area contributed by atoms with Crippen molar-refractivity contribution in [3.05, 3.63) is 22.8 Å². The molecule has 1 atom stereocenters. The first kappa shape index (κ1) is 9.70. The van der Waals surface area contributed by atoms with E-state index in [-0.39, 0.29) is 5.41 Å². The van der Waals surface area contributed by atoms with E-state index in [2.05, 4.69) is 19.9 Å². The van der Waals surface area contributed by atoms with Gasteiger partial charge in [-0.05, 0) is 38.7 Å². The van der Waals surface area contributed by atoms with Gasteiger partial charge in [0.25, 0.3) is 0 Å². The van der Waals surface area contributed by atoms with Crippen LogP contribution >= 0.6 is 0 Å².